The monoisotopic (exact) mass is 404 g/mol. The van der Waals surface area contributed by atoms with Crippen LogP contribution in [0, 0.1) is 31.6 Å². The molecule has 0 amide bonds. The molecule has 3 atom stereocenters. The normalized spacial score (nSPS) is 15.1. The first-order chi connectivity index (χ1) is 14.1. The quantitative estimate of drug-likeness (QED) is 0.124. The van der Waals surface area contributed by atoms with Crippen molar-refractivity contribution >= 4 is 0 Å². The van der Waals surface area contributed by atoms with Gasteiger partial charge in [0.05, 0.1) is 0 Å². The fourth-order valence-electron chi connectivity index (χ4n) is 4.27. The Morgan fingerprint density at radius 1 is 0.448 bits per heavy atom. The molecular weight excluding hydrogens is 348 g/mol. The van der Waals surface area contributed by atoms with E-state index in [9.17, 15) is 0 Å². The second kappa shape index (κ2) is 22.4. The fourth-order valence-corrected chi connectivity index (χ4v) is 4.27. The van der Waals surface area contributed by atoms with Gasteiger partial charge >= 0.3 is 0 Å². The van der Waals surface area contributed by atoms with Gasteiger partial charge in [-0.15, -0.1) is 0 Å². The average molecular weight is 405 g/mol. The minimum Gasteiger partial charge on any atom is -0.0885 e. The lowest BCUT2D eigenvalue weighted by molar-refractivity contribution is 0.379. The van der Waals surface area contributed by atoms with E-state index >= 15 is 0 Å². The molecule has 0 saturated heterocycles. The first-order valence-electron chi connectivity index (χ1n) is 13.3. The molecule has 0 aromatic heterocycles. The molecule has 2 radical (unpaired) electrons. The van der Waals surface area contributed by atoms with E-state index in [0.717, 1.165) is 30.6 Å². The maximum absolute atomic E-state index is 3.94. The zero-order valence-electron chi connectivity index (χ0n) is 20.7. The van der Waals surface area contributed by atoms with Gasteiger partial charge in [0, 0.05) is 0 Å². The van der Waals surface area contributed by atoms with Crippen LogP contribution in [0.2, 0.25) is 0 Å². The third-order valence-electron chi connectivity index (χ3n) is 6.60. The van der Waals surface area contributed by atoms with Crippen LogP contribution in [0.15, 0.2) is 12.2 Å². The highest BCUT2D eigenvalue weighted by Crippen LogP contribution is 2.22. The summed E-state index contributed by atoms with van der Waals surface area (Å²) in [7, 11) is 0. The molecule has 0 saturated carbocycles. The van der Waals surface area contributed by atoms with Crippen molar-refractivity contribution in [3.8, 4) is 0 Å². The molecular formula is C29H56. The maximum atomic E-state index is 3.94. The Morgan fingerprint density at radius 2 is 0.828 bits per heavy atom. The van der Waals surface area contributed by atoms with E-state index in [1.807, 2.05) is 0 Å². The van der Waals surface area contributed by atoms with E-state index in [4.69, 9.17) is 0 Å². The molecule has 0 fully saturated rings. The van der Waals surface area contributed by atoms with Crippen molar-refractivity contribution in [1.82, 2.24) is 0 Å². The van der Waals surface area contributed by atoms with Crippen LogP contribution in [-0.4, -0.2) is 0 Å². The third-order valence-corrected chi connectivity index (χ3v) is 6.60. The van der Waals surface area contributed by atoms with Crippen molar-refractivity contribution in [3.05, 3.63) is 26.0 Å². The van der Waals surface area contributed by atoms with E-state index in [0.29, 0.717) is 0 Å². The standard InChI is InChI=1S/C29H56/c1-6-8-10-18-23-28(4)25-26-29(5)24-20-16-14-12-11-13-15-19-22-27(3)21-17-9-7-2/h11,13,27-29H,1-2,6-10,12,14-26H2,3-5H3. The fraction of sp³-hybridized carbons (Fsp3) is 0.862. The summed E-state index contributed by atoms with van der Waals surface area (Å²) in [5.41, 5.74) is 0. The predicted octanol–water partition coefficient (Wildman–Crippen LogP) is 10.5. The summed E-state index contributed by atoms with van der Waals surface area (Å²) in [5.74, 6) is 2.74. The Bertz CT molecular complexity index is 329. The molecule has 29 heavy (non-hydrogen) atoms. The molecule has 0 N–H and O–H groups in total. The minimum absolute atomic E-state index is 0.901. The van der Waals surface area contributed by atoms with Crippen LogP contribution in [0.1, 0.15) is 143 Å². The summed E-state index contributed by atoms with van der Waals surface area (Å²) in [6.07, 6.45) is 30.6. The Labute approximate surface area is 186 Å². The van der Waals surface area contributed by atoms with Crippen molar-refractivity contribution in [1.29, 1.82) is 0 Å². The Hall–Kier alpha value is -0.260. The molecule has 0 rings (SSSR count). The molecule has 0 heteroatoms. The number of hydrogen-bond donors (Lipinski definition) is 0. The summed E-state index contributed by atoms with van der Waals surface area (Å²) in [6.45, 7) is 15.2. The average Bonchev–Trinajstić information content (AvgIpc) is 2.71. The van der Waals surface area contributed by atoms with E-state index < -0.39 is 0 Å². The van der Waals surface area contributed by atoms with Crippen LogP contribution in [-0.2, 0) is 0 Å². The lowest BCUT2D eigenvalue weighted by Gasteiger charge is -2.15. The van der Waals surface area contributed by atoms with Crippen molar-refractivity contribution in [2.45, 2.75) is 143 Å². The Morgan fingerprint density at radius 3 is 1.38 bits per heavy atom. The Balaban J connectivity index is 3.40. The molecule has 0 aliphatic rings. The van der Waals surface area contributed by atoms with Crippen LogP contribution in [0.25, 0.3) is 0 Å². The summed E-state index contributed by atoms with van der Waals surface area (Å²) in [5, 5.41) is 0. The van der Waals surface area contributed by atoms with E-state index in [1.54, 1.807) is 0 Å². The van der Waals surface area contributed by atoms with Crippen LogP contribution >= 0.6 is 0 Å². The first-order valence-corrected chi connectivity index (χ1v) is 13.3. The SMILES string of the molecule is [CH2]CCCCCC(C)CCC(C)CCCCCC=CCCCC(C)CCCC[CH2]. The zero-order valence-corrected chi connectivity index (χ0v) is 20.7. The van der Waals surface area contributed by atoms with E-state index in [-0.39, 0.29) is 0 Å². The van der Waals surface area contributed by atoms with Gasteiger partial charge < -0.3 is 0 Å². The van der Waals surface area contributed by atoms with Gasteiger partial charge in [-0.3, -0.25) is 0 Å². The first kappa shape index (κ1) is 28.7. The summed E-state index contributed by atoms with van der Waals surface area (Å²) < 4.78 is 0. The van der Waals surface area contributed by atoms with Gasteiger partial charge in [0.25, 0.3) is 0 Å². The zero-order chi connectivity index (χ0) is 21.6. The van der Waals surface area contributed by atoms with Gasteiger partial charge in [-0.1, -0.05) is 143 Å². The minimum atomic E-state index is 0.901. The molecule has 0 aliphatic heterocycles. The van der Waals surface area contributed by atoms with Crippen LogP contribution in [0.5, 0.6) is 0 Å². The van der Waals surface area contributed by atoms with Crippen molar-refractivity contribution in [3.63, 3.8) is 0 Å². The molecule has 0 heterocycles. The van der Waals surface area contributed by atoms with Gasteiger partial charge in [0.2, 0.25) is 0 Å². The second-order valence-electron chi connectivity index (χ2n) is 9.99. The van der Waals surface area contributed by atoms with Crippen molar-refractivity contribution in [2.75, 3.05) is 0 Å². The molecule has 0 aliphatic carbocycles. The summed E-state index contributed by atoms with van der Waals surface area (Å²) in [6, 6.07) is 0. The van der Waals surface area contributed by atoms with Crippen LogP contribution in [0.3, 0.4) is 0 Å². The largest absolute Gasteiger partial charge is 0.0885 e. The van der Waals surface area contributed by atoms with Gasteiger partial charge in [-0.25, -0.2) is 0 Å². The molecule has 0 aromatic carbocycles. The highest BCUT2D eigenvalue weighted by molar-refractivity contribution is 4.81. The Kier molecular flexibility index (Phi) is 22.2. The number of rotatable bonds is 22. The van der Waals surface area contributed by atoms with Gasteiger partial charge in [0.1, 0.15) is 0 Å². The van der Waals surface area contributed by atoms with Gasteiger partial charge in [0.15, 0.2) is 0 Å². The van der Waals surface area contributed by atoms with Crippen molar-refractivity contribution < 1.29 is 0 Å². The second-order valence-corrected chi connectivity index (χ2v) is 9.99. The smallest absolute Gasteiger partial charge is 0.0351 e. The lowest BCUT2D eigenvalue weighted by atomic mass is 9.91. The summed E-state index contributed by atoms with van der Waals surface area (Å²) >= 11 is 0. The molecule has 0 aromatic rings. The summed E-state index contributed by atoms with van der Waals surface area (Å²) in [4.78, 5) is 0. The van der Waals surface area contributed by atoms with Crippen molar-refractivity contribution in [2.24, 2.45) is 17.8 Å². The maximum Gasteiger partial charge on any atom is -0.0351 e. The predicted molar refractivity (Wildman–Crippen MR) is 135 cm³/mol. The highest BCUT2D eigenvalue weighted by Gasteiger charge is 2.07. The van der Waals surface area contributed by atoms with Gasteiger partial charge in [-0.2, -0.15) is 0 Å². The topological polar surface area (TPSA) is 0 Å². The lowest BCUT2D eigenvalue weighted by Crippen LogP contribution is -2.01. The van der Waals surface area contributed by atoms with E-state index in [1.165, 1.54) is 109 Å². The van der Waals surface area contributed by atoms with Crippen LogP contribution < -0.4 is 0 Å². The molecule has 0 bridgehead atoms. The molecule has 0 spiro atoms. The number of allylic oxidation sites excluding steroid dienone is 2. The number of unbranched alkanes of at least 4 members (excludes halogenated alkanes) is 9. The highest BCUT2D eigenvalue weighted by atomic mass is 14.1. The molecule has 0 nitrogen and oxygen atoms in total. The number of hydrogen-bond acceptors (Lipinski definition) is 0. The van der Waals surface area contributed by atoms with Gasteiger partial charge in [-0.05, 0) is 43.4 Å². The third kappa shape index (κ3) is 22.3. The molecule has 172 valence electrons. The molecule has 3 unspecified atom stereocenters. The van der Waals surface area contributed by atoms with E-state index in [2.05, 4.69) is 46.8 Å². The van der Waals surface area contributed by atoms with Crippen LogP contribution in [0.4, 0.5) is 0 Å².